The van der Waals surface area contributed by atoms with Crippen LogP contribution in [-0.4, -0.2) is 4.57 Å². The van der Waals surface area contributed by atoms with Gasteiger partial charge in [0, 0.05) is 27.8 Å². The number of benzene rings is 9. The van der Waals surface area contributed by atoms with Gasteiger partial charge in [-0.05, 0) is 104 Å². The minimum absolute atomic E-state index is 1.12. The van der Waals surface area contributed by atoms with E-state index in [0.29, 0.717) is 0 Å². The second kappa shape index (κ2) is 12.5. The Bertz CT molecular complexity index is 2760. The van der Waals surface area contributed by atoms with Crippen LogP contribution in [-0.2, 0) is 0 Å². The molecule has 10 aromatic rings. The first kappa shape index (κ1) is 30.0. The third-order valence-corrected chi connectivity index (χ3v) is 10.3. The third kappa shape index (κ3) is 4.96. The molecule has 0 spiro atoms. The van der Waals surface area contributed by atoms with Crippen molar-refractivity contribution in [3.8, 4) is 27.9 Å². The maximum Gasteiger partial charge on any atom is 0.0562 e. The van der Waals surface area contributed by atoms with Crippen molar-refractivity contribution in [1.82, 2.24) is 4.57 Å². The van der Waals surface area contributed by atoms with Gasteiger partial charge in [0.1, 0.15) is 0 Å². The molecule has 0 aliphatic carbocycles. The normalized spacial score (nSPS) is 11.5. The van der Waals surface area contributed by atoms with Gasteiger partial charge in [0.25, 0.3) is 0 Å². The van der Waals surface area contributed by atoms with Crippen LogP contribution in [0.25, 0.3) is 71.3 Å². The molecule has 52 heavy (non-hydrogen) atoms. The van der Waals surface area contributed by atoms with E-state index in [0.717, 1.165) is 28.3 Å². The summed E-state index contributed by atoms with van der Waals surface area (Å²) in [7, 11) is 0. The van der Waals surface area contributed by atoms with Crippen molar-refractivity contribution in [3.05, 3.63) is 206 Å². The van der Waals surface area contributed by atoms with Crippen LogP contribution in [0.3, 0.4) is 0 Å². The van der Waals surface area contributed by atoms with Gasteiger partial charge in [0.15, 0.2) is 0 Å². The summed E-state index contributed by atoms with van der Waals surface area (Å²) in [5.41, 5.74) is 11.7. The van der Waals surface area contributed by atoms with Crippen molar-refractivity contribution < 1.29 is 0 Å². The number of nitrogens with zero attached hydrogens (tertiary/aromatic N) is 2. The van der Waals surface area contributed by atoms with Crippen LogP contribution >= 0.6 is 0 Å². The van der Waals surface area contributed by atoms with Crippen molar-refractivity contribution in [1.29, 1.82) is 0 Å². The van der Waals surface area contributed by atoms with E-state index in [1.165, 1.54) is 60.1 Å². The number of anilines is 3. The molecular formula is C50H34N2. The molecule has 0 aliphatic rings. The highest BCUT2D eigenvalue weighted by Crippen LogP contribution is 2.45. The molecule has 9 aromatic carbocycles. The zero-order valence-electron chi connectivity index (χ0n) is 28.5. The number of aromatic nitrogens is 1. The summed E-state index contributed by atoms with van der Waals surface area (Å²) in [5, 5.41) is 7.40. The lowest BCUT2D eigenvalue weighted by Crippen LogP contribution is -2.10. The van der Waals surface area contributed by atoms with E-state index in [9.17, 15) is 0 Å². The van der Waals surface area contributed by atoms with Crippen LogP contribution in [0, 0.1) is 0 Å². The van der Waals surface area contributed by atoms with Gasteiger partial charge in [-0.25, -0.2) is 0 Å². The van der Waals surface area contributed by atoms with Crippen LogP contribution in [0.5, 0.6) is 0 Å². The Morgan fingerprint density at radius 1 is 0.346 bits per heavy atom. The van der Waals surface area contributed by atoms with Gasteiger partial charge in [-0.3, -0.25) is 0 Å². The topological polar surface area (TPSA) is 8.17 Å². The van der Waals surface area contributed by atoms with Crippen LogP contribution in [0.15, 0.2) is 206 Å². The quantitative estimate of drug-likeness (QED) is 0.172. The first-order valence-corrected chi connectivity index (χ1v) is 17.9. The summed E-state index contributed by atoms with van der Waals surface area (Å²) < 4.78 is 2.46. The molecule has 0 saturated heterocycles. The van der Waals surface area contributed by atoms with Gasteiger partial charge >= 0.3 is 0 Å². The fourth-order valence-electron chi connectivity index (χ4n) is 8.05. The molecular weight excluding hydrogens is 629 g/mol. The molecule has 2 nitrogen and oxygen atoms in total. The maximum absolute atomic E-state index is 2.46. The highest BCUT2D eigenvalue weighted by atomic mass is 15.1. The average molecular weight is 663 g/mol. The Labute approximate surface area is 303 Å². The van der Waals surface area contributed by atoms with Crippen molar-refractivity contribution in [2.24, 2.45) is 0 Å². The number of hydrogen-bond acceptors (Lipinski definition) is 1. The number of rotatable bonds is 6. The fourth-order valence-corrected chi connectivity index (χ4v) is 8.05. The van der Waals surface area contributed by atoms with Gasteiger partial charge in [-0.1, -0.05) is 146 Å². The molecule has 0 amide bonds. The Morgan fingerprint density at radius 3 is 1.40 bits per heavy atom. The molecule has 0 bridgehead atoms. The van der Waals surface area contributed by atoms with Crippen molar-refractivity contribution in [2.75, 3.05) is 4.90 Å². The molecule has 0 unspecified atom stereocenters. The van der Waals surface area contributed by atoms with Crippen LogP contribution in [0.1, 0.15) is 0 Å². The minimum Gasteiger partial charge on any atom is -0.310 e. The standard InChI is InChI=1S/C50H34N2/c1-3-20-39(21-4-1)51(40-22-5-2-6-23-40)48-30-15-31-49-50(48)46-26-11-12-29-47(46)52(49)41-33-37(44-27-13-18-35-16-7-9-24-42(35)44)32-38(34-41)45-28-14-19-36-17-8-10-25-43(36)45/h1-34H. The Morgan fingerprint density at radius 2 is 0.808 bits per heavy atom. The lowest BCUT2D eigenvalue weighted by molar-refractivity contribution is 1.18. The first-order chi connectivity index (χ1) is 25.8. The van der Waals surface area contributed by atoms with Crippen LogP contribution in [0.4, 0.5) is 17.1 Å². The predicted octanol–water partition coefficient (Wildman–Crippen LogP) is 13.9. The van der Waals surface area contributed by atoms with E-state index >= 15 is 0 Å². The summed E-state index contributed by atoms with van der Waals surface area (Å²) in [6, 6.07) is 74.8. The maximum atomic E-state index is 2.46. The first-order valence-electron chi connectivity index (χ1n) is 17.9. The molecule has 0 fully saturated rings. The second-order valence-electron chi connectivity index (χ2n) is 13.4. The van der Waals surface area contributed by atoms with Gasteiger partial charge in [-0.2, -0.15) is 0 Å². The largest absolute Gasteiger partial charge is 0.310 e. The molecule has 0 aliphatic heterocycles. The number of fused-ring (bicyclic) bond motifs is 5. The second-order valence-corrected chi connectivity index (χ2v) is 13.4. The molecule has 1 aromatic heterocycles. The molecule has 2 heteroatoms. The summed E-state index contributed by atoms with van der Waals surface area (Å²) in [4.78, 5) is 2.38. The number of para-hydroxylation sites is 3. The molecule has 1 heterocycles. The van der Waals surface area contributed by atoms with E-state index in [1.54, 1.807) is 0 Å². The smallest absolute Gasteiger partial charge is 0.0562 e. The van der Waals surface area contributed by atoms with Gasteiger partial charge < -0.3 is 9.47 Å². The van der Waals surface area contributed by atoms with E-state index < -0.39 is 0 Å². The summed E-state index contributed by atoms with van der Waals surface area (Å²) in [5.74, 6) is 0. The van der Waals surface area contributed by atoms with Gasteiger partial charge in [0.05, 0.1) is 16.7 Å². The lowest BCUT2D eigenvalue weighted by atomic mass is 9.92. The molecule has 0 radical (unpaired) electrons. The third-order valence-electron chi connectivity index (χ3n) is 10.3. The molecule has 0 saturated carbocycles. The average Bonchev–Trinajstić information content (AvgIpc) is 3.56. The Kier molecular flexibility index (Phi) is 7.18. The van der Waals surface area contributed by atoms with E-state index in [-0.39, 0.29) is 0 Å². The minimum atomic E-state index is 1.12. The van der Waals surface area contributed by atoms with Gasteiger partial charge in [0.2, 0.25) is 0 Å². The van der Waals surface area contributed by atoms with Crippen molar-refractivity contribution >= 4 is 60.4 Å². The monoisotopic (exact) mass is 662 g/mol. The molecule has 0 N–H and O–H groups in total. The number of hydrogen-bond donors (Lipinski definition) is 0. The lowest BCUT2D eigenvalue weighted by Gasteiger charge is -2.26. The fraction of sp³-hybridized carbons (Fsp3) is 0. The SMILES string of the molecule is c1ccc(N(c2ccccc2)c2cccc3c2c2ccccc2n3-c2cc(-c3cccc4ccccc34)cc(-c3cccc4ccccc34)c2)cc1. The van der Waals surface area contributed by atoms with E-state index in [2.05, 4.69) is 216 Å². The summed E-state index contributed by atoms with van der Waals surface area (Å²) in [6.45, 7) is 0. The molecule has 0 atom stereocenters. The highest BCUT2D eigenvalue weighted by molar-refractivity contribution is 6.16. The zero-order valence-corrected chi connectivity index (χ0v) is 28.5. The Balaban J connectivity index is 1.29. The van der Waals surface area contributed by atoms with E-state index in [4.69, 9.17) is 0 Å². The highest BCUT2D eigenvalue weighted by Gasteiger charge is 2.21. The van der Waals surface area contributed by atoms with Crippen LogP contribution in [0.2, 0.25) is 0 Å². The molecule has 244 valence electrons. The predicted molar refractivity (Wildman–Crippen MR) is 221 cm³/mol. The van der Waals surface area contributed by atoms with Crippen molar-refractivity contribution in [2.45, 2.75) is 0 Å². The van der Waals surface area contributed by atoms with E-state index in [1.807, 2.05) is 0 Å². The summed E-state index contributed by atoms with van der Waals surface area (Å²) >= 11 is 0. The van der Waals surface area contributed by atoms with Crippen LogP contribution < -0.4 is 4.90 Å². The zero-order chi connectivity index (χ0) is 34.4. The summed E-state index contributed by atoms with van der Waals surface area (Å²) in [6.07, 6.45) is 0. The Hall–Kier alpha value is -6.90. The van der Waals surface area contributed by atoms with Crippen molar-refractivity contribution in [3.63, 3.8) is 0 Å². The van der Waals surface area contributed by atoms with Gasteiger partial charge in [-0.15, -0.1) is 0 Å². The molecule has 10 rings (SSSR count).